The second kappa shape index (κ2) is 7.66. The number of nitriles is 1. The van der Waals surface area contributed by atoms with Gasteiger partial charge in [0.15, 0.2) is 0 Å². The Balaban J connectivity index is 2.30. The molecule has 130 valence electrons. The fraction of sp³-hybridized carbons (Fsp3) is 0.176. The Bertz CT molecular complexity index is 932. The summed E-state index contributed by atoms with van der Waals surface area (Å²) in [5, 5.41) is 8.83. The van der Waals surface area contributed by atoms with Gasteiger partial charge in [0, 0.05) is 6.04 Å². The van der Waals surface area contributed by atoms with E-state index in [-0.39, 0.29) is 27.3 Å². The molecule has 0 amide bonds. The first-order valence-electron chi connectivity index (χ1n) is 7.27. The normalized spacial score (nSPS) is 11.2. The summed E-state index contributed by atoms with van der Waals surface area (Å²) in [7, 11) is -3.77. The molecule has 0 spiro atoms. The molecule has 0 aliphatic carbocycles. The fourth-order valence-corrected chi connectivity index (χ4v) is 3.44. The number of nitrogens with one attached hydrogen (secondary N) is 1. The number of ether oxygens (including phenoxy) is 1. The third-order valence-corrected chi connectivity index (χ3v) is 5.04. The van der Waals surface area contributed by atoms with Gasteiger partial charge < -0.3 is 4.74 Å². The highest BCUT2D eigenvalue weighted by atomic mass is 35.5. The molecule has 0 atom stereocenters. The quantitative estimate of drug-likeness (QED) is 0.637. The fourth-order valence-electron chi connectivity index (χ4n) is 1.97. The molecule has 1 N–H and O–H groups in total. The van der Waals surface area contributed by atoms with Crippen molar-refractivity contribution in [1.82, 2.24) is 4.72 Å². The molecule has 2 aromatic rings. The van der Waals surface area contributed by atoms with E-state index in [0.717, 1.165) is 0 Å². The molecule has 0 saturated heterocycles. The number of rotatable bonds is 5. The van der Waals surface area contributed by atoms with Gasteiger partial charge in [-0.15, -0.1) is 0 Å². The molecule has 0 aromatic heterocycles. The lowest BCUT2D eigenvalue weighted by Gasteiger charge is -2.11. The smallest absolute Gasteiger partial charge is 0.345 e. The summed E-state index contributed by atoms with van der Waals surface area (Å²) in [6.45, 7) is 3.38. The Morgan fingerprint density at radius 1 is 1.20 bits per heavy atom. The SMILES string of the molecule is CC(C)NS(=O)(=O)c1ccc(Cl)c(C(=O)Oc2ccc(C#N)cc2)c1. The van der Waals surface area contributed by atoms with Crippen LogP contribution in [0.4, 0.5) is 0 Å². The van der Waals surface area contributed by atoms with Gasteiger partial charge in [0.2, 0.25) is 10.0 Å². The number of nitrogens with zero attached hydrogens (tertiary/aromatic N) is 1. The molecule has 0 aliphatic heterocycles. The van der Waals surface area contributed by atoms with Crippen molar-refractivity contribution < 1.29 is 17.9 Å². The van der Waals surface area contributed by atoms with Gasteiger partial charge in [-0.1, -0.05) is 11.6 Å². The van der Waals surface area contributed by atoms with Crippen LogP contribution in [0.15, 0.2) is 47.4 Å². The number of halogens is 1. The maximum atomic E-state index is 12.3. The molecule has 25 heavy (non-hydrogen) atoms. The highest BCUT2D eigenvalue weighted by Gasteiger charge is 2.20. The van der Waals surface area contributed by atoms with Crippen LogP contribution in [0.25, 0.3) is 0 Å². The zero-order valence-electron chi connectivity index (χ0n) is 13.5. The van der Waals surface area contributed by atoms with Gasteiger partial charge in [-0.3, -0.25) is 0 Å². The van der Waals surface area contributed by atoms with E-state index in [9.17, 15) is 13.2 Å². The largest absolute Gasteiger partial charge is 0.423 e. The Morgan fingerprint density at radius 2 is 1.84 bits per heavy atom. The van der Waals surface area contributed by atoms with Crippen molar-refractivity contribution >= 4 is 27.6 Å². The van der Waals surface area contributed by atoms with Crippen molar-refractivity contribution in [1.29, 1.82) is 5.26 Å². The van der Waals surface area contributed by atoms with Crippen molar-refractivity contribution in [3.63, 3.8) is 0 Å². The summed E-state index contributed by atoms with van der Waals surface area (Å²) in [5.74, 6) is -0.579. The molecular weight excluding hydrogens is 364 g/mol. The lowest BCUT2D eigenvalue weighted by atomic mass is 10.2. The lowest BCUT2D eigenvalue weighted by Crippen LogP contribution is -2.30. The topological polar surface area (TPSA) is 96.3 Å². The number of carbonyl (C=O) groups is 1. The van der Waals surface area contributed by atoms with Crippen LogP contribution >= 0.6 is 11.6 Å². The van der Waals surface area contributed by atoms with Gasteiger partial charge >= 0.3 is 5.97 Å². The number of benzene rings is 2. The first kappa shape index (κ1) is 18.9. The van der Waals surface area contributed by atoms with Crippen LogP contribution in [0.1, 0.15) is 29.8 Å². The molecule has 0 heterocycles. The minimum absolute atomic E-state index is 0.0714. The van der Waals surface area contributed by atoms with Crippen molar-refractivity contribution in [2.45, 2.75) is 24.8 Å². The van der Waals surface area contributed by atoms with E-state index in [2.05, 4.69) is 4.72 Å². The van der Waals surface area contributed by atoms with Gasteiger partial charge in [-0.2, -0.15) is 5.26 Å². The second-order valence-electron chi connectivity index (χ2n) is 5.44. The van der Waals surface area contributed by atoms with Crippen LogP contribution in [0.5, 0.6) is 5.75 Å². The molecule has 0 aliphatic rings. The van der Waals surface area contributed by atoms with Crippen molar-refractivity contribution in [2.75, 3.05) is 0 Å². The maximum Gasteiger partial charge on any atom is 0.345 e. The third-order valence-electron chi connectivity index (χ3n) is 3.05. The number of sulfonamides is 1. The third kappa shape index (κ3) is 4.79. The van der Waals surface area contributed by atoms with E-state index >= 15 is 0 Å². The average molecular weight is 379 g/mol. The molecule has 8 heteroatoms. The summed E-state index contributed by atoms with van der Waals surface area (Å²) < 4.78 is 32.1. The lowest BCUT2D eigenvalue weighted by molar-refractivity contribution is 0.0734. The molecule has 0 unspecified atom stereocenters. The Morgan fingerprint density at radius 3 is 2.40 bits per heavy atom. The van der Waals surface area contributed by atoms with Gasteiger partial charge in [-0.25, -0.2) is 17.9 Å². The predicted octanol–water partition coefficient (Wildman–Crippen LogP) is 3.12. The highest BCUT2D eigenvalue weighted by molar-refractivity contribution is 7.89. The molecular formula is C17H15ClN2O4S. The first-order chi connectivity index (χ1) is 11.7. The van der Waals surface area contributed by atoms with Crippen LogP contribution in [0, 0.1) is 11.3 Å². The van der Waals surface area contributed by atoms with Gasteiger partial charge in [0.1, 0.15) is 5.75 Å². The molecule has 6 nitrogen and oxygen atoms in total. The van der Waals surface area contributed by atoms with Crippen molar-refractivity contribution in [3.05, 3.63) is 58.6 Å². The highest BCUT2D eigenvalue weighted by Crippen LogP contribution is 2.23. The van der Waals surface area contributed by atoms with E-state index in [0.29, 0.717) is 5.56 Å². The molecule has 2 rings (SSSR count). The molecule has 2 aromatic carbocycles. The molecule has 0 radical (unpaired) electrons. The summed E-state index contributed by atoms with van der Waals surface area (Å²) in [6.07, 6.45) is 0. The zero-order chi connectivity index (χ0) is 18.6. The minimum atomic E-state index is -3.77. The predicted molar refractivity (Wildman–Crippen MR) is 93.0 cm³/mol. The van der Waals surface area contributed by atoms with Crippen molar-refractivity contribution in [2.24, 2.45) is 0 Å². The van der Waals surface area contributed by atoms with Crippen LogP contribution in [0.2, 0.25) is 5.02 Å². The van der Waals surface area contributed by atoms with Gasteiger partial charge in [0.25, 0.3) is 0 Å². The minimum Gasteiger partial charge on any atom is -0.423 e. The number of hydrogen-bond donors (Lipinski definition) is 1. The summed E-state index contributed by atoms with van der Waals surface area (Å²) in [4.78, 5) is 12.2. The van der Waals surface area contributed by atoms with Crippen LogP contribution < -0.4 is 9.46 Å². The van der Waals surface area contributed by atoms with Crippen LogP contribution in [-0.2, 0) is 10.0 Å². The van der Waals surface area contributed by atoms with E-state index < -0.39 is 16.0 Å². The average Bonchev–Trinajstić information content (AvgIpc) is 2.54. The summed E-state index contributed by atoms with van der Waals surface area (Å²) >= 11 is 6.00. The van der Waals surface area contributed by atoms with Crippen LogP contribution in [-0.4, -0.2) is 20.4 Å². The van der Waals surface area contributed by atoms with E-state index in [1.807, 2.05) is 6.07 Å². The zero-order valence-corrected chi connectivity index (χ0v) is 15.1. The summed E-state index contributed by atoms with van der Waals surface area (Å²) in [6, 6.07) is 11.4. The Kier molecular flexibility index (Phi) is 5.80. The Hall–Kier alpha value is -2.40. The monoisotopic (exact) mass is 378 g/mol. The van der Waals surface area contributed by atoms with Crippen LogP contribution in [0.3, 0.4) is 0 Å². The van der Waals surface area contributed by atoms with Gasteiger partial charge in [-0.05, 0) is 56.3 Å². The standard InChI is InChI=1S/C17H15ClN2O4S/c1-11(2)20-25(22,23)14-7-8-16(18)15(9-14)17(21)24-13-5-3-12(10-19)4-6-13/h3-9,11,20H,1-2H3. The molecule has 0 saturated carbocycles. The van der Waals surface area contributed by atoms with Gasteiger partial charge in [0.05, 0.1) is 27.1 Å². The van der Waals surface area contributed by atoms with Crippen molar-refractivity contribution in [3.8, 4) is 11.8 Å². The van der Waals surface area contributed by atoms with E-state index in [1.54, 1.807) is 13.8 Å². The first-order valence-corrected chi connectivity index (χ1v) is 9.13. The number of carbonyl (C=O) groups excluding carboxylic acids is 1. The maximum absolute atomic E-state index is 12.3. The van der Waals surface area contributed by atoms with E-state index in [1.165, 1.54) is 42.5 Å². The molecule has 0 fully saturated rings. The molecule has 0 bridgehead atoms. The number of esters is 1. The van der Waals surface area contributed by atoms with E-state index in [4.69, 9.17) is 21.6 Å². The number of hydrogen-bond acceptors (Lipinski definition) is 5. The Labute approximate surface area is 151 Å². The second-order valence-corrected chi connectivity index (χ2v) is 7.56. The summed E-state index contributed by atoms with van der Waals surface area (Å²) in [5.41, 5.74) is 0.350.